The molecule has 0 aliphatic heterocycles. The lowest BCUT2D eigenvalue weighted by Gasteiger charge is -2.30. The number of rotatable bonds is 7. The first kappa shape index (κ1) is 16.8. The molecule has 8 nitrogen and oxygen atoms in total. The smallest absolute Gasteiger partial charge is 0.303 e. The van der Waals surface area contributed by atoms with Crippen LogP contribution in [0.4, 0.5) is 0 Å². The summed E-state index contributed by atoms with van der Waals surface area (Å²) in [6, 6.07) is 0. The lowest BCUT2D eigenvalue weighted by Crippen LogP contribution is -2.50. The van der Waals surface area contributed by atoms with Crippen LogP contribution in [0.15, 0.2) is 0 Å². The summed E-state index contributed by atoms with van der Waals surface area (Å²) in [5.41, 5.74) is 0. The van der Waals surface area contributed by atoms with Crippen LogP contribution >= 0.6 is 0 Å². The first-order chi connectivity index (χ1) is 8.33. The number of hydrogen-bond acceptors (Lipinski definition) is 8. The Morgan fingerprint density at radius 2 is 1.50 bits per heavy atom. The zero-order valence-corrected chi connectivity index (χ0v) is 10.1. The van der Waals surface area contributed by atoms with Gasteiger partial charge in [0.15, 0.2) is 12.2 Å². The second-order valence-corrected chi connectivity index (χ2v) is 3.65. The summed E-state index contributed by atoms with van der Waals surface area (Å²) < 4.78 is 9.35. The van der Waals surface area contributed by atoms with Crippen molar-refractivity contribution in [3.63, 3.8) is 0 Å². The van der Waals surface area contributed by atoms with Crippen molar-refractivity contribution in [3.8, 4) is 0 Å². The number of carbonyl (C=O) groups is 2. The van der Waals surface area contributed by atoms with Gasteiger partial charge in [0.25, 0.3) is 0 Å². The van der Waals surface area contributed by atoms with Crippen molar-refractivity contribution >= 4 is 11.9 Å². The molecule has 4 atom stereocenters. The molecule has 0 radical (unpaired) electrons. The largest absolute Gasteiger partial charge is 0.456 e. The summed E-state index contributed by atoms with van der Waals surface area (Å²) in [7, 11) is 0. The predicted molar refractivity (Wildman–Crippen MR) is 57.3 cm³/mol. The van der Waals surface area contributed by atoms with Crippen LogP contribution in [-0.2, 0) is 19.1 Å². The van der Waals surface area contributed by atoms with Crippen LogP contribution in [-0.4, -0.2) is 70.0 Å². The molecule has 0 unspecified atom stereocenters. The molecule has 0 fully saturated rings. The normalized spacial score (nSPS) is 17.4. The molecular weight excluding hydrogens is 248 g/mol. The van der Waals surface area contributed by atoms with Gasteiger partial charge in [-0.05, 0) is 0 Å². The lowest BCUT2D eigenvalue weighted by atomic mass is 10.0. The van der Waals surface area contributed by atoms with E-state index in [1.165, 1.54) is 0 Å². The number of aliphatic hydroxyl groups excluding tert-OH is 4. The Kier molecular flexibility index (Phi) is 7.44. The van der Waals surface area contributed by atoms with Gasteiger partial charge in [0.05, 0.1) is 13.2 Å². The molecule has 0 bridgehead atoms. The predicted octanol–water partition coefficient (Wildman–Crippen LogP) is -2.44. The zero-order chi connectivity index (χ0) is 14.3. The Morgan fingerprint density at radius 1 is 1.00 bits per heavy atom. The van der Waals surface area contributed by atoms with E-state index < -0.39 is 49.6 Å². The Morgan fingerprint density at radius 3 is 1.83 bits per heavy atom. The van der Waals surface area contributed by atoms with E-state index in [9.17, 15) is 19.8 Å². The Balaban J connectivity index is 4.92. The Labute approximate surface area is 104 Å². The van der Waals surface area contributed by atoms with Crippen LogP contribution < -0.4 is 0 Å². The maximum Gasteiger partial charge on any atom is 0.303 e. The highest BCUT2D eigenvalue weighted by atomic mass is 16.6. The van der Waals surface area contributed by atoms with Gasteiger partial charge in [-0.2, -0.15) is 0 Å². The van der Waals surface area contributed by atoms with E-state index in [1.807, 2.05) is 0 Å². The summed E-state index contributed by atoms with van der Waals surface area (Å²) in [4.78, 5) is 21.7. The van der Waals surface area contributed by atoms with Gasteiger partial charge in [-0.15, -0.1) is 0 Å². The third-order valence-electron chi connectivity index (χ3n) is 2.08. The number of hydrogen-bond donors (Lipinski definition) is 4. The molecule has 0 spiro atoms. The summed E-state index contributed by atoms with van der Waals surface area (Å²) in [6.45, 7) is 0.624. The molecule has 0 aromatic rings. The monoisotopic (exact) mass is 266 g/mol. The molecule has 0 aromatic heterocycles. The van der Waals surface area contributed by atoms with E-state index >= 15 is 0 Å². The first-order valence-corrected chi connectivity index (χ1v) is 5.25. The minimum absolute atomic E-state index is 0.716. The van der Waals surface area contributed by atoms with Crippen molar-refractivity contribution in [3.05, 3.63) is 0 Å². The van der Waals surface area contributed by atoms with Crippen molar-refractivity contribution in [2.75, 3.05) is 13.2 Å². The van der Waals surface area contributed by atoms with E-state index in [-0.39, 0.29) is 0 Å². The molecular formula is C10H18O8. The summed E-state index contributed by atoms with van der Waals surface area (Å²) in [5, 5.41) is 36.7. The summed E-state index contributed by atoms with van der Waals surface area (Å²) in [5.74, 6) is -1.55. The maximum atomic E-state index is 10.9. The highest BCUT2D eigenvalue weighted by molar-refractivity contribution is 5.67. The molecule has 4 N–H and O–H groups in total. The van der Waals surface area contributed by atoms with Crippen LogP contribution in [0.25, 0.3) is 0 Å². The summed E-state index contributed by atoms with van der Waals surface area (Å²) >= 11 is 0. The molecule has 0 saturated heterocycles. The van der Waals surface area contributed by atoms with Gasteiger partial charge in [-0.3, -0.25) is 9.59 Å². The fourth-order valence-corrected chi connectivity index (χ4v) is 1.31. The van der Waals surface area contributed by atoms with E-state index in [0.29, 0.717) is 0 Å². The average Bonchev–Trinajstić information content (AvgIpc) is 2.30. The Hall–Kier alpha value is -1.22. The number of carbonyl (C=O) groups excluding carboxylic acids is 2. The highest BCUT2D eigenvalue weighted by Gasteiger charge is 2.37. The van der Waals surface area contributed by atoms with E-state index in [2.05, 4.69) is 4.74 Å². The van der Waals surface area contributed by atoms with Gasteiger partial charge >= 0.3 is 11.9 Å². The minimum atomic E-state index is -1.70. The fourth-order valence-electron chi connectivity index (χ4n) is 1.31. The van der Waals surface area contributed by atoms with Crippen LogP contribution in [0.5, 0.6) is 0 Å². The lowest BCUT2D eigenvalue weighted by molar-refractivity contribution is -0.187. The molecule has 8 heteroatoms. The zero-order valence-electron chi connectivity index (χ0n) is 10.1. The van der Waals surface area contributed by atoms with E-state index in [4.69, 9.17) is 14.9 Å². The van der Waals surface area contributed by atoms with Gasteiger partial charge in [0.2, 0.25) is 0 Å². The van der Waals surface area contributed by atoms with E-state index in [1.54, 1.807) is 0 Å². The first-order valence-electron chi connectivity index (χ1n) is 5.25. The van der Waals surface area contributed by atoms with Crippen molar-refractivity contribution in [2.45, 2.75) is 38.3 Å². The molecule has 0 amide bonds. The van der Waals surface area contributed by atoms with Gasteiger partial charge in [-0.25, -0.2) is 0 Å². The van der Waals surface area contributed by atoms with Crippen molar-refractivity contribution in [1.82, 2.24) is 0 Å². The second-order valence-electron chi connectivity index (χ2n) is 3.65. The average molecular weight is 266 g/mol. The molecule has 0 saturated carbocycles. The molecule has 0 aliphatic carbocycles. The number of aliphatic hydroxyl groups is 4. The van der Waals surface area contributed by atoms with Crippen LogP contribution in [0, 0.1) is 0 Å². The SMILES string of the molecule is CC(=O)O[C@H]([C@@H](O)[C@H](O)CO)[C@H](CO)OC(C)=O. The topological polar surface area (TPSA) is 134 Å². The Bertz CT molecular complexity index is 279. The molecule has 106 valence electrons. The van der Waals surface area contributed by atoms with Gasteiger partial charge in [0, 0.05) is 13.8 Å². The standard InChI is InChI=1S/C10H18O8/c1-5(13)17-8(4-12)10(18-6(2)14)9(16)7(15)3-11/h7-12,15-16H,3-4H2,1-2H3/t7-,8+,9+,10+/m1/s1. The summed E-state index contributed by atoms with van der Waals surface area (Å²) in [6.07, 6.45) is -6.10. The van der Waals surface area contributed by atoms with Crippen LogP contribution in [0.3, 0.4) is 0 Å². The fraction of sp³-hybridized carbons (Fsp3) is 0.800. The third-order valence-corrected chi connectivity index (χ3v) is 2.08. The van der Waals surface area contributed by atoms with Gasteiger partial charge < -0.3 is 29.9 Å². The maximum absolute atomic E-state index is 10.9. The molecule has 0 aliphatic rings. The van der Waals surface area contributed by atoms with Crippen molar-refractivity contribution in [1.29, 1.82) is 0 Å². The van der Waals surface area contributed by atoms with Gasteiger partial charge in [0.1, 0.15) is 12.2 Å². The molecule has 18 heavy (non-hydrogen) atoms. The molecule has 0 rings (SSSR count). The third kappa shape index (κ3) is 5.41. The highest BCUT2D eigenvalue weighted by Crippen LogP contribution is 2.13. The quantitative estimate of drug-likeness (QED) is 0.373. The van der Waals surface area contributed by atoms with Crippen molar-refractivity contribution < 1.29 is 39.5 Å². The van der Waals surface area contributed by atoms with E-state index in [0.717, 1.165) is 13.8 Å². The minimum Gasteiger partial charge on any atom is -0.456 e. The number of esters is 2. The second kappa shape index (κ2) is 7.98. The number of ether oxygens (including phenoxy) is 2. The molecule has 0 aromatic carbocycles. The van der Waals surface area contributed by atoms with Crippen LogP contribution in [0.1, 0.15) is 13.8 Å². The van der Waals surface area contributed by atoms with Crippen LogP contribution in [0.2, 0.25) is 0 Å². The van der Waals surface area contributed by atoms with Crippen molar-refractivity contribution in [2.24, 2.45) is 0 Å². The van der Waals surface area contributed by atoms with Gasteiger partial charge in [-0.1, -0.05) is 0 Å². The molecule has 0 heterocycles.